The summed E-state index contributed by atoms with van der Waals surface area (Å²) in [5, 5.41) is 2.91. The van der Waals surface area contributed by atoms with E-state index in [0.29, 0.717) is 0 Å². The first-order chi connectivity index (χ1) is 5.28. The van der Waals surface area contributed by atoms with Gasteiger partial charge in [-0.1, -0.05) is 0 Å². The number of rotatable bonds is 0. The lowest BCUT2D eigenvalue weighted by molar-refractivity contribution is -0.134. The zero-order chi connectivity index (χ0) is 9.57. The smallest absolute Gasteiger partial charge is 0.240 e. The maximum atomic E-state index is 11.5. The molecule has 1 amide bonds. The summed E-state index contributed by atoms with van der Waals surface area (Å²) in [5.74, 6) is 0.108. The molecule has 3 nitrogen and oxygen atoms in total. The number of halogens is 1. The first-order valence-electron chi connectivity index (χ1n) is 4.03. The molecule has 0 bridgehead atoms. The van der Waals surface area contributed by atoms with Crippen LogP contribution in [0, 0.1) is 0 Å². The zero-order valence-electron chi connectivity index (χ0n) is 7.94. The largest absolute Gasteiger partial charge is 0.353 e. The lowest BCUT2D eigenvalue weighted by Crippen LogP contribution is -2.66. The highest BCUT2D eigenvalue weighted by atomic mass is 127. The average Bonchev–Trinajstić information content (AvgIpc) is 1.96. The zero-order valence-corrected chi connectivity index (χ0v) is 10.1. The van der Waals surface area contributed by atoms with Crippen LogP contribution < -0.4 is 5.32 Å². The molecule has 0 aromatic heterocycles. The van der Waals surface area contributed by atoms with Gasteiger partial charge in [-0.3, -0.25) is 4.79 Å². The molecule has 1 heterocycles. The van der Waals surface area contributed by atoms with E-state index in [4.69, 9.17) is 0 Å². The van der Waals surface area contributed by atoms with Gasteiger partial charge in [-0.2, -0.15) is 0 Å². The molecule has 1 aliphatic heterocycles. The van der Waals surface area contributed by atoms with Crippen LogP contribution in [0.4, 0.5) is 0 Å². The van der Waals surface area contributed by atoms with Gasteiger partial charge in [-0.25, -0.2) is 3.11 Å². The van der Waals surface area contributed by atoms with Gasteiger partial charge in [0.05, 0.1) is 0 Å². The van der Waals surface area contributed by atoms with E-state index in [9.17, 15) is 4.79 Å². The summed E-state index contributed by atoms with van der Waals surface area (Å²) < 4.78 is 2.09. The maximum Gasteiger partial charge on any atom is 0.240 e. The molecule has 0 radical (unpaired) electrons. The highest BCUT2D eigenvalue weighted by Gasteiger charge is 2.45. The molecule has 0 aromatic rings. The topological polar surface area (TPSA) is 32.3 Å². The number of nitrogens with zero attached hydrogens (tertiary/aromatic N) is 1. The molecular formula is C8H15IN2O. The van der Waals surface area contributed by atoms with Crippen LogP contribution in [0.25, 0.3) is 0 Å². The quantitative estimate of drug-likeness (QED) is 0.537. The molecule has 12 heavy (non-hydrogen) atoms. The summed E-state index contributed by atoms with van der Waals surface area (Å²) in [4.78, 5) is 11.5. The van der Waals surface area contributed by atoms with E-state index in [-0.39, 0.29) is 11.4 Å². The normalized spacial score (nSPS) is 28.2. The predicted octanol–water partition coefficient (Wildman–Crippen LogP) is 1.33. The Kier molecular flexibility index (Phi) is 2.42. The number of hydrogen-bond acceptors (Lipinski definition) is 2. The van der Waals surface area contributed by atoms with Gasteiger partial charge in [-0.15, -0.1) is 0 Å². The monoisotopic (exact) mass is 282 g/mol. The number of piperazine rings is 1. The highest BCUT2D eigenvalue weighted by molar-refractivity contribution is 14.1. The predicted molar refractivity (Wildman–Crippen MR) is 57.0 cm³/mol. The number of hydrogen-bond donors (Lipinski definition) is 1. The van der Waals surface area contributed by atoms with E-state index in [1.54, 1.807) is 0 Å². The fraction of sp³-hybridized carbons (Fsp3) is 0.875. The lowest BCUT2D eigenvalue weighted by atomic mass is 9.92. The van der Waals surface area contributed by atoms with Crippen LogP contribution in [-0.2, 0) is 4.79 Å². The molecule has 4 heteroatoms. The van der Waals surface area contributed by atoms with Crippen LogP contribution >= 0.6 is 22.9 Å². The van der Waals surface area contributed by atoms with Gasteiger partial charge >= 0.3 is 0 Å². The van der Waals surface area contributed by atoms with Crippen molar-refractivity contribution in [2.24, 2.45) is 0 Å². The second-order valence-corrected chi connectivity index (χ2v) is 5.30. The minimum Gasteiger partial charge on any atom is -0.353 e. The van der Waals surface area contributed by atoms with Gasteiger partial charge < -0.3 is 5.32 Å². The maximum absolute atomic E-state index is 11.5. The molecule has 0 aliphatic carbocycles. The summed E-state index contributed by atoms with van der Waals surface area (Å²) in [6.07, 6.45) is 0. The number of carbonyl (C=O) groups excluding carboxylic acids is 1. The first-order valence-corrected chi connectivity index (χ1v) is 4.99. The third kappa shape index (κ3) is 1.46. The van der Waals surface area contributed by atoms with Crippen molar-refractivity contribution in [1.29, 1.82) is 0 Å². The summed E-state index contributed by atoms with van der Waals surface area (Å²) in [5.41, 5.74) is -0.361. The summed E-state index contributed by atoms with van der Waals surface area (Å²) in [7, 11) is 0. The van der Waals surface area contributed by atoms with Gasteiger partial charge in [0.1, 0.15) is 5.54 Å². The molecule has 1 N–H and O–H groups in total. The molecular weight excluding hydrogens is 267 g/mol. The van der Waals surface area contributed by atoms with Crippen LogP contribution in [-0.4, -0.2) is 26.6 Å². The van der Waals surface area contributed by atoms with Crippen molar-refractivity contribution in [1.82, 2.24) is 8.43 Å². The number of carbonyl (C=O) groups is 1. The van der Waals surface area contributed by atoms with Crippen molar-refractivity contribution in [2.75, 3.05) is 6.54 Å². The molecule has 1 rings (SSSR count). The van der Waals surface area contributed by atoms with Crippen LogP contribution in [0.5, 0.6) is 0 Å². The molecule has 1 fully saturated rings. The molecule has 0 unspecified atom stereocenters. The standard InChI is InChI=1S/C8H15IN2O/c1-7(2)5-10-6(12)8(3,4)11(7)9/h5H2,1-4H3,(H,10,12). The summed E-state index contributed by atoms with van der Waals surface area (Å²) >= 11 is 2.23. The van der Waals surface area contributed by atoms with Crippen molar-refractivity contribution in [2.45, 2.75) is 38.8 Å². The Bertz CT molecular complexity index is 213. The minimum absolute atomic E-state index is 0.0397. The molecule has 1 aliphatic rings. The first kappa shape index (κ1) is 10.2. The van der Waals surface area contributed by atoms with Crippen LogP contribution in [0.1, 0.15) is 27.7 Å². The van der Waals surface area contributed by atoms with E-state index in [0.717, 1.165) is 6.54 Å². The van der Waals surface area contributed by atoms with E-state index in [1.165, 1.54) is 0 Å². The Morgan fingerprint density at radius 2 is 1.92 bits per heavy atom. The van der Waals surface area contributed by atoms with E-state index >= 15 is 0 Å². The third-order valence-electron chi connectivity index (χ3n) is 2.26. The van der Waals surface area contributed by atoms with Crippen LogP contribution in [0.15, 0.2) is 0 Å². The van der Waals surface area contributed by atoms with E-state index in [1.807, 2.05) is 13.8 Å². The Balaban J connectivity index is 2.93. The minimum atomic E-state index is -0.400. The van der Waals surface area contributed by atoms with Gasteiger partial charge in [0.2, 0.25) is 5.91 Å². The number of nitrogens with one attached hydrogen (secondary N) is 1. The van der Waals surface area contributed by atoms with Crippen molar-refractivity contribution in [3.05, 3.63) is 0 Å². The fourth-order valence-corrected chi connectivity index (χ4v) is 1.82. The van der Waals surface area contributed by atoms with Crippen molar-refractivity contribution >= 4 is 28.8 Å². The van der Waals surface area contributed by atoms with Crippen molar-refractivity contribution < 1.29 is 4.79 Å². The van der Waals surface area contributed by atoms with E-state index in [2.05, 4.69) is 45.1 Å². The van der Waals surface area contributed by atoms with Crippen molar-refractivity contribution in [3.63, 3.8) is 0 Å². The van der Waals surface area contributed by atoms with E-state index < -0.39 is 5.54 Å². The molecule has 0 spiro atoms. The Labute approximate surface area is 87.4 Å². The van der Waals surface area contributed by atoms with Crippen molar-refractivity contribution in [3.8, 4) is 0 Å². The lowest BCUT2D eigenvalue weighted by Gasteiger charge is -2.47. The van der Waals surface area contributed by atoms with Crippen LogP contribution in [0.2, 0.25) is 0 Å². The molecule has 0 aromatic carbocycles. The average molecular weight is 282 g/mol. The van der Waals surface area contributed by atoms with Gasteiger partial charge in [0, 0.05) is 34.9 Å². The third-order valence-corrected chi connectivity index (χ3v) is 4.77. The van der Waals surface area contributed by atoms with Gasteiger partial charge in [0.25, 0.3) is 0 Å². The Morgan fingerprint density at radius 1 is 1.42 bits per heavy atom. The molecule has 1 saturated heterocycles. The second kappa shape index (κ2) is 2.83. The number of amides is 1. The Morgan fingerprint density at radius 3 is 2.33 bits per heavy atom. The molecule has 0 saturated carbocycles. The highest BCUT2D eigenvalue weighted by Crippen LogP contribution is 2.32. The fourth-order valence-electron chi connectivity index (χ4n) is 1.43. The van der Waals surface area contributed by atoms with Gasteiger partial charge in [-0.05, 0) is 27.7 Å². The summed E-state index contributed by atoms with van der Waals surface area (Å²) in [6.45, 7) is 8.85. The summed E-state index contributed by atoms with van der Waals surface area (Å²) in [6, 6.07) is 0. The second-order valence-electron chi connectivity index (χ2n) is 4.33. The molecule has 0 atom stereocenters. The molecule has 70 valence electrons. The Hall–Kier alpha value is 0.160. The van der Waals surface area contributed by atoms with Gasteiger partial charge in [0.15, 0.2) is 0 Å². The van der Waals surface area contributed by atoms with Crippen LogP contribution in [0.3, 0.4) is 0 Å². The SMILES string of the molecule is CC1(C)CNC(=O)C(C)(C)N1I.